The van der Waals surface area contributed by atoms with Gasteiger partial charge in [-0.1, -0.05) is 11.6 Å². The molecular formula is C22H22BrClN4O3. The minimum atomic E-state index is 0.0977. The summed E-state index contributed by atoms with van der Waals surface area (Å²) in [5.41, 5.74) is 1.80. The predicted octanol–water partition coefficient (Wildman–Crippen LogP) is 4.58. The van der Waals surface area contributed by atoms with Crippen LogP contribution in [-0.4, -0.2) is 55.5 Å². The number of halogens is 2. The molecule has 0 spiro atoms. The smallest absolute Gasteiger partial charge is 0.163 e. The fourth-order valence-electron chi connectivity index (χ4n) is 2.95. The summed E-state index contributed by atoms with van der Waals surface area (Å²) in [5, 5.41) is 23.2. The zero-order valence-electron chi connectivity index (χ0n) is 17.2. The van der Waals surface area contributed by atoms with E-state index in [1.807, 2.05) is 18.0 Å². The number of nitrogens with one attached hydrogen (secondary N) is 1. The summed E-state index contributed by atoms with van der Waals surface area (Å²) in [6.45, 7) is 1.75. The molecule has 9 heteroatoms. The first-order chi connectivity index (χ1) is 14.9. The summed E-state index contributed by atoms with van der Waals surface area (Å²) >= 11 is 9.48. The quantitative estimate of drug-likeness (QED) is 0.440. The van der Waals surface area contributed by atoms with Gasteiger partial charge in [0.2, 0.25) is 0 Å². The number of nitriles is 1. The number of hydrogen-bond acceptors (Lipinski definition) is 7. The lowest BCUT2D eigenvalue weighted by molar-refractivity contribution is 0.190. The molecule has 0 amide bonds. The van der Waals surface area contributed by atoms with Crippen molar-refractivity contribution in [2.75, 3.05) is 45.8 Å². The number of methoxy groups -OCH3 is 1. The molecule has 162 valence electrons. The van der Waals surface area contributed by atoms with Crippen molar-refractivity contribution in [1.82, 2.24) is 9.88 Å². The first-order valence-electron chi connectivity index (χ1n) is 9.52. The second kappa shape index (κ2) is 10.6. The molecule has 0 aliphatic heterocycles. The molecule has 2 N–H and O–H groups in total. The number of nitrogens with zero attached hydrogens (tertiary/aromatic N) is 3. The molecule has 0 fully saturated rings. The lowest BCUT2D eigenvalue weighted by Gasteiger charge is -2.17. The van der Waals surface area contributed by atoms with Crippen LogP contribution in [0.3, 0.4) is 0 Å². The molecule has 3 rings (SSSR count). The Balaban J connectivity index is 1.92. The van der Waals surface area contributed by atoms with E-state index in [0.29, 0.717) is 53.1 Å². The average Bonchev–Trinajstić information content (AvgIpc) is 2.75. The van der Waals surface area contributed by atoms with E-state index in [4.69, 9.17) is 26.2 Å². The Labute approximate surface area is 194 Å². The maximum absolute atomic E-state index is 9.62. The van der Waals surface area contributed by atoms with Crippen molar-refractivity contribution in [2.45, 2.75) is 0 Å². The number of hydrogen-bond donors (Lipinski definition) is 2. The van der Waals surface area contributed by atoms with Crippen molar-refractivity contribution in [2.24, 2.45) is 0 Å². The zero-order valence-corrected chi connectivity index (χ0v) is 19.5. The van der Waals surface area contributed by atoms with Crippen LogP contribution in [0.1, 0.15) is 5.56 Å². The molecule has 7 nitrogen and oxygen atoms in total. The van der Waals surface area contributed by atoms with Gasteiger partial charge in [0.05, 0.1) is 30.5 Å². The molecule has 0 aliphatic rings. The highest BCUT2D eigenvalue weighted by Crippen LogP contribution is 2.35. The molecule has 0 unspecified atom stereocenters. The van der Waals surface area contributed by atoms with Gasteiger partial charge in [-0.3, -0.25) is 0 Å². The van der Waals surface area contributed by atoms with Crippen molar-refractivity contribution < 1.29 is 14.6 Å². The lowest BCUT2D eigenvalue weighted by atomic mass is 10.1. The Morgan fingerprint density at radius 1 is 1.23 bits per heavy atom. The maximum Gasteiger partial charge on any atom is 0.163 e. The first-order valence-corrected chi connectivity index (χ1v) is 10.7. The summed E-state index contributed by atoms with van der Waals surface area (Å²) < 4.78 is 12.1. The number of aromatic nitrogens is 1. The third kappa shape index (κ3) is 5.77. The van der Waals surface area contributed by atoms with Gasteiger partial charge in [-0.2, -0.15) is 5.26 Å². The summed E-state index contributed by atoms with van der Waals surface area (Å²) in [6, 6.07) is 12.9. The predicted molar refractivity (Wildman–Crippen MR) is 126 cm³/mol. The molecular weight excluding hydrogens is 484 g/mol. The van der Waals surface area contributed by atoms with Gasteiger partial charge in [-0.05, 0) is 53.3 Å². The monoisotopic (exact) mass is 504 g/mol. The van der Waals surface area contributed by atoms with E-state index in [1.54, 1.807) is 37.4 Å². The molecule has 0 bridgehead atoms. The molecule has 1 aromatic heterocycles. The minimum absolute atomic E-state index is 0.0977. The molecule has 3 aromatic rings. The molecule has 2 aromatic carbocycles. The van der Waals surface area contributed by atoms with Crippen molar-refractivity contribution in [1.29, 1.82) is 5.26 Å². The van der Waals surface area contributed by atoms with Crippen LogP contribution < -0.4 is 14.8 Å². The summed E-state index contributed by atoms with van der Waals surface area (Å²) in [7, 11) is 3.48. The summed E-state index contributed by atoms with van der Waals surface area (Å²) in [5.74, 6) is 1.55. The number of benzene rings is 2. The van der Waals surface area contributed by atoms with Gasteiger partial charge in [-0.15, -0.1) is 0 Å². The van der Waals surface area contributed by atoms with Gasteiger partial charge < -0.3 is 24.8 Å². The van der Waals surface area contributed by atoms with E-state index in [1.165, 1.54) is 0 Å². The molecule has 0 aliphatic carbocycles. The van der Waals surface area contributed by atoms with E-state index >= 15 is 0 Å². The van der Waals surface area contributed by atoms with Crippen LogP contribution in [0.5, 0.6) is 11.5 Å². The van der Waals surface area contributed by atoms with E-state index in [-0.39, 0.29) is 6.61 Å². The number of aliphatic hydroxyl groups is 1. The second-order valence-electron chi connectivity index (χ2n) is 6.82. The molecule has 0 saturated carbocycles. The van der Waals surface area contributed by atoms with Crippen LogP contribution in [0.25, 0.3) is 10.9 Å². The fraction of sp³-hybridized carbons (Fsp3) is 0.273. The Morgan fingerprint density at radius 3 is 2.71 bits per heavy atom. The van der Waals surface area contributed by atoms with Crippen LogP contribution in [0.15, 0.2) is 40.9 Å². The Hall–Kier alpha value is -2.57. The van der Waals surface area contributed by atoms with Crippen LogP contribution in [0, 0.1) is 11.3 Å². The number of pyridine rings is 1. The Bertz CT molecular complexity index is 1120. The number of likely N-dealkylation sites (N-methyl/N-ethyl adjacent to an activating group) is 1. The molecule has 0 atom stereocenters. The van der Waals surface area contributed by atoms with Crippen molar-refractivity contribution in [3.05, 3.63) is 51.5 Å². The zero-order chi connectivity index (χ0) is 22.4. The third-order valence-corrected chi connectivity index (χ3v) is 5.51. The lowest BCUT2D eigenvalue weighted by Crippen LogP contribution is -2.27. The third-order valence-electron chi connectivity index (χ3n) is 4.62. The van der Waals surface area contributed by atoms with E-state index in [2.05, 4.69) is 32.3 Å². The number of rotatable bonds is 9. The first kappa shape index (κ1) is 23.1. The van der Waals surface area contributed by atoms with E-state index in [0.717, 1.165) is 15.5 Å². The van der Waals surface area contributed by atoms with Gasteiger partial charge in [-0.25, -0.2) is 4.98 Å². The van der Waals surface area contributed by atoms with Crippen LogP contribution in [0.2, 0.25) is 5.02 Å². The van der Waals surface area contributed by atoms with Crippen LogP contribution >= 0.6 is 27.5 Å². The average molecular weight is 506 g/mol. The van der Waals surface area contributed by atoms with Gasteiger partial charge in [0.1, 0.15) is 18.5 Å². The summed E-state index contributed by atoms with van der Waals surface area (Å²) in [6.07, 6.45) is 0. The largest absolute Gasteiger partial charge is 0.493 e. The van der Waals surface area contributed by atoms with Crippen molar-refractivity contribution in [3.63, 3.8) is 0 Å². The van der Waals surface area contributed by atoms with E-state index < -0.39 is 0 Å². The van der Waals surface area contributed by atoms with Crippen molar-refractivity contribution >= 4 is 49.9 Å². The highest BCUT2D eigenvalue weighted by molar-refractivity contribution is 9.10. The topological polar surface area (TPSA) is 90.6 Å². The molecule has 31 heavy (non-hydrogen) atoms. The Kier molecular flexibility index (Phi) is 7.93. The standard InChI is InChI=1S/C22H22BrClN4O3/c1-28(5-7-29)6-8-31-21-12-19-14(10-20(21)30-2)9-15(13-25)22(27-19)26-18-4-3-16(24)11-17(18)23/h3-4,9-12,29H,5-8H2,1-2H3,(H,26,27). The normalized spacial score (nSPS) is 10.9. The van der Waals surface area contributed by atoms with Crippen LogP contribution in [-0.2, 0) is 0 Å². The SMILES string of the molecule is COc1cc2cc(C#N)c(Nc3ccc(Cl)cc3Br)nc2cc1OCCN(C)CCO. The highest BCUT2D eigenvalue weighted by atomic mass is 79.9. The molecule has 1 heterocycles. The maximum atomic E-state index is 9.62. The van der Waals surface area contributed by atoms with Gasteiger partial charge in [0.15, 0.2) is 11.5 Å². The van der Waals surface area contributed by atoms with Gasteiger partial charge in [0, 0.05) is 34.0 Å². The minimum Gasteiger partial charge on any atom is -0.493 e. The van der Waals surface area contributed by atoms with E-state index in [9.17, 15) is 5.26 Å². The number of aliphatic hydroxyl groups excluding tert-OH is 1. The second-order valence-corrected chi connectivity index (χ2v) is 8.11. The van der Waals surface area contributed by atoms with Crippen molar-refractivity contribution in [3.8, 4) is 17.6 Å². The summed E-state index contributed by atoms with van der Waals surface area (Å²) in [4.78, 5) is 6.62. The molecule has 0 saturated heterocycles. The number of anilines is 2. The molecule has 0 radical (unpaired) electrons. The Morgan fingerprint density at radius 2 is 2.03 bits per heavy atom. The highest BCUT2D eigenvalue weighted by Gasteiger charge is 2.13. The van der Waals surface area contributed by atoms with Gasteiger partial charge >= 0.3 is 0 Å². The van der Waals surface area contributed by atoms with Crippen LogP contribution in [0.4, 0.5) is 11.5 Å². The number of fused-ring (bicyclic) bond motifs is 1. The number of ether oxygens (including phenoxy) is 2. The fourth-order valence-corrected chi connectivity index (χ4v) is 3.73. The van der Waals surface area contributed by atoms with Gasteiger partial charge in [0.25, 0.3) is 0 Å².